The van der Waals surface area contributed by atoms with Crippen LogP contribution in [0, 0.1) is 10.8 Å². The Balaban J connectivity index is 2.42. The molecule has 0 bridgehead atoms. The van der Waals surface area contributed by atoms with Gasteiger partial charge in [-0.05, 0) is 62.4 Å². The Morgan fingerprint density at radius 1 is 0.629 bits per heavy atom. The number of hydrogen-bond donors (Lipinski definition) is 0. The van der Waals surface area contributed by atoms with Crippen molar-refractivity contribution in [1.29, 1.82) is 0 Å². The molecule has 0 atom stereocenters. The third-order valence-electron chi connectivity index (χ3n) is 6.33. The van der Waals surface area contributed by atoms with Gasteiger partial charge in [-0.2, -0.15) is 0 Å². The summed E-state index contributed by atoms with van der Waals surface area (Å²) in [5.41, 5.74) is -2.48. The lowest BCUT2D eigenvalue weighted by molar-refractivity contribution is -0.183. The third kappa shape index (κ3) is 4.74. The van der Waals surface area contributed by atoms with Gasteiger partial charge in [-0.15, -0.1) is 0 Å². The molecule has 0 N–H and O–H groups in total. The Labute approximate surface area is 204 Å². The number of carbonyl (C=O) groups is 4. The number of carbonyl (C=O) groups excluding carboxylic acids is 4. The predicted octanol–water partition coefficient (Wildman–Crippen LogP) is 3.55. The van der Waals surface area contributed by atoms with Crippen LogP contribution in [-0.4, -0.2) is 50.3 Å². The molecule has 0 saturated carbocycles. The van der Waals surface area contributed by atoms with Gasteiger partial charge in [0.25, 0.3) is 0 Å². The van der Waals surface area contributed by atoms with Gasteiger partial charge in [0, 0.05) is 6.42 Å². The van der Waals surface area contributed by atoms with E-state index in [4.69, 9.17) is 18.9 Å². The molecular formula is C27H32O8. The second-order valence-electron chi connectivity index (χ2n) is 8.51. The molecule has 8 heteroatoms. The van der Waals surface area contributed by atoms with Crippen molar-refractivity contribution in [2.24, 2.45) is 10.8 Å². The van der Waals surface area contributed by atoms with Gasteiger partial charge in [0.2, 0.25) is 0 Å². The lowest BCUT2D eigenvalue weighted by atomic mass is 9.63. The van der Waals surface area contributed by atoms with Crippen LogP contribution < -0.4 is 0 Å². The van der Waals surface area contributed by atoms with Crippen molar-refractivity contribution < 1.29 is 38.1 Å². The highest BCUT2D eigenvalue weighted by Gasteiger charge is 2.61. The first kappa shape index (κ1) is 26.2. The van der Waals surface area contributed by atoms with Crippen LogP contribution in [0.15, 0.2) is 36.4 Å². The van der Waals surface area contributed by atoms with Crippen LogP contribution in [0.4, 0.5) is 0 Å². The summed E-state index contributed by atoms with van der Waals surface area (Å²) in [6, 6.07) is 11.1. The normalized spacial score (nSPS) is 15.9. The van der Waals surface area contributed by atoms with Crippen LogP contribution in [-0.2, 0) is 51.0 Å². The zero-order valence-corrected chi connectivity index (χ0v) is 20.7. The van der Waals surface area contributed by atoms with Crippen molar-refractivity contribution in [3.63, 3.8) is 0 Å². The number of esters is 4. The molecule has 2 aromatic carbocycles. The van der Waals surface area contributed by atoms with E-state index in [-0.39, 0.29) is 39.3 Å². The molecule has 1 aliphatic carbocycles. The van der Waals surface area contributed by atoms with Crippen LogP contribution in [0.1, 0.15) is 45.2 Å². The summed E-state index contributed by atoms with van der Waals surface area (Å²) < 4.78 is 21.4. The van der Waals surface area contributed by atoms with Crippen molar-refractivity contribution in [2.45, 2.75) is 47.0 Å². The van der Waals surface area contributed by atoms with Gasteiger partial charge >= 0.3 is 23.9 Å². The SMILES string of the molecule is CCOC(=O)C1(C(=O)OCC)Cc2cccc3cccc(c23)CC(C(=O)OCC)(C(=O)OCC)C1. The van der Waals surface area contributed by atoms with E-state index in [1.165, 1.54) is 0 Å². The molecule has 35 heavy (non-hydrogen) atoms. The number of hydrogen-bond acceptors (Lipinski definition) is 8. The minimum absolute atomic E-state index is 0.00654. The van der Waals surface area contributed by atoms with E-state index < -0.39 is 41.1 Å². The number of benzene rings is 2. The molecule has 0 aliphatic heterocycles. The van der Waals surface area contributed by atoms with Crippen LogP contribution in [0.3, 0.4) is 0 Å². The topological polar surface area (TPSA) is 105 Å². The molecule has 188 valence electrons. The second-order valence-corrected chi connectivity index (χ2v) is 8.51. The average molecular weight is 485 g/mol. The van der Waals surface area contributed by atoms with Crippen LogP contribution in [0.25, 0.3) is 10.8 Å². The molecule has 0 aromatic heterocycles. The van der Waals surface area contributed by atoms with E-state index in [0.717, 1.165) is 21.9 Å². The maximum absolute atomic E-state index is 13.6. The van der Waals surface area contributed by atoms with Crippen molar-refractivity contribution in [3.05, 3.63) is 47.5 Å². The average Bonchev–Trinajstić information content (AvgIpc) is 2.82. The second kappa shape index (κ2) is 10.9. The number of ether oxygens (including phenoxy) is 4. The lowest BCUT2D eigenvalue weighted by Crippen LogP contribution is -2.54. The summed E-state index contributed by atoms with van der Waals surface area (Å²) in [6.45, 7) is 6.52. The van der Waals surface area contributed by atoms with E-state index >= 15 is 0 Å². The first-order valence-electron chi connectivity index (χ1n) is 12.0. The fourth-order valence-electron chi connectivity index (χ4n) is 4.91. The fourth-order valence-corrected chi connectivity index (χ4v) is 4.91. The van der Waals surface area contributed by atoms with Crippen molar-refractivity contribution >= 4 is 34.6 Å². The molecule has 0 spiro atoms. The van der Waals surface area contributed by atoms with Gasteiger partial charge < -0.3 is 18.9 Å². The quantitative estimate of drug-likeness (QED) is 0.318. The third-order valence-corrected chi connectivity index (χ3v) is 6.33. The summed E-state index contributed by atoms with van der Waals surface area (Å²) in [5, 5.41) is 1.62. The predicted molar refractivity (Wildman–Crippen MR) is 127 cm³/mol. The van der Waals surface area contributed by atoms with Crippen molar-refractivity contribution in [1.82, 2.24) is 0 Å². The Kier molecular flexibility index (Phi) is 8.14. The van der Waals surface area contributed by atoms with E-state index in [2.05, 4.69) is 0 Å². The molecule has 0 unspecified atom stereocenters. The van der Waals surface area contributed by atoms with Gasteiger partial charge in [-0.25, -0.2) is 0 Å². The van der Waals surface area contributed by atoms with Crippen molar-refractivity contribution in [3.8, 4) is 0 Å². The number of rotatable bonds is 8. The maximum Gasteiger partial charge on any atom is 0.323 e. The Morgan fingerprint density at radius 2 is 0.971 bits per heavy atom. The van der Waals surface area contributed by atoms with Gasteiger partial charge in [-0.1, -0.05) is 36.4 Å². The Morgan fingerprint density at radius 3 is 1.29 bits per heavy atom. The van der Waals surface area contributed by atoms with Gasteiger partial charge in [-0.3, -0.25) is 19.2 Å². The van der Waals surface area contributed by atoms with Crippen LogP contribution >= 0.6 is 0 Å². The zero-order chi connectivity index (χ0) is 25.6. The summed E-state index contributed by atoms with van der Waals surface area (Å²) in [7, 11) is 0. The molecule has 0 heterocycles. The van der Waals surface area contributed by atoms with Crippen molar-refractivity contribution in [2.75, 3.05) is 26.4 Å². The highest BCUT2D eigenvalue weighted by molar-refractivity contribution is 6.07. The molecule has 0 fully saturated rings. The lowest BCUT2D eigenvalue weighted by Gasteiger charge is -2.39. The molecule has 0 amide bonds. The molecule has 1 aliphatic rings. The summed E-state index contributed by atoms with van der Waals surface area (Å²) >= 11 is 0. The Bertz CT molecular complexity index is 1000. The van der Waals surface area contributed by atoms with E-state index in [9.17, 15) is 19.2 Å². The van der Waals surface area contributed by atoms with Gasteiger partial charge in [0.1, 0.15) is 0 Å². The first-order valence-corrected chi connectivity index (χ1v) is 12.0. The maximum atomic E-state index is 13.6. The van der Waals surface area contributed by atoms with E-state index in [1.54, 1.807) is 27.7 Å². The van der Waals surface area contributed by atoms with Gasteiger partial charge in [0.15, 0.2) is 10.8 Å². The standard InChI is InChI=1S/C27H32O8/c1-5-32-22(28)26(23(29)33-6-2)15-19-13-9-11-18-12-10-14-20(21(18)19)16-27(17-26,24(30)34-7-3)25(31)35-8-4/h9-14H,5-8,15-17H2,1-4H3. The minimum atomic E-state index is -1.96. The molecule has 3 rings (SSSR count). The monoisotopic (exact) mass is 484 g/mol. The van der Waals surface area contributed by atoms with E-state index in [0.29, 0.717) is 0 Å². The highest BCUT2D eigenvalue weighted by atomic mass is 16.6. The van der Waals surface area contributed by atoms with Crippen LogP contribution in [0.2, 0.25) is 0 Å². The minimum Gasteiger partial charge on any atom is -0.465 e. The molecular weight excluding hydrogens is 452 g/mol. The zero-order valence-electron chi connectivity index (χ0n) is 20.7. The molecule has 2 aromatic rings. The van der Waals surface area contributed by atoms with Crippen LogP contribution in [0.5, 0.6) is 0 Å². The highest BCUT2D eigenvalue weighted by Crippen LogP contribution is 2.47. The fraction of sp³-hybridized carbons (Fsp3) is 0.481. The van der Waals surface area contributed by atoms with Gasteiger partial charge in [0.05, 0.1) is 26.4 Å². The first-order chi connectivity index (χ1) is 16.8. The van der Waals surface area contributed by atoms with E-state index in [1.807, 2.05) is 36.4 Å². The molecule has 8 nitrogen and oxygen atoms in total. The molecule has 0 radical (unpaired) electrons. The summed E-state index contributed by atoms with van der Waals surface area (Å²) in [5.74, 6) is -3.42. The summed E-state index contributed by atoms with van der Waals surface area (Å²) in [6.07, 6.45) is -0.723. The summed E-state index contributed by atoms with van der Waals surface area (Å²) in [4.78, 5) is 54.2. The Hall–Kier alpha value is -3.42. The molecule has 0 saturated heterocycles. The largest absolute Gasteiger partial charge is 0.465 e. The smallest absolute Gasteiger partial charge is 0.323 e.